The maximum absolute atomic E-state index is 5.79. The Morgan fingerprint density at radius 2 is 1.97 bits per heavy atom. The molecule has 0 saturated carbocycles. The lowest BCUT2D eigenvalue weighted by Crippen LogP contribution is -2.29. The summed E-state index contributed by atoms with van der Waals surface area (Å²) in [5, 5.41) is 1.33. The van der Waals surface area contributed by atoms with Crippen LogP contribution in [-0.4, -0.2) is 36.1 Å². The Kier molecular flexibility index (Phi) is 7.19. The zero-order valence-electron chi connectivity index (χ0n) is 18.1. The second-order valence-corrected chi connectivity index (χ2v) is 9.12. The zero-order chi connectivity index (χ0) is 20.8. The average molecular weight is 421 g/mol. The van der Waals surface area contributed by atoms with Crippen molar-refractivity contribution in [3.63, 3.8) is 0 Å². The number of rotatable bonds is 9. The highest BCUT2D eigenvalue weighted by molar-refractivity contribution is 7.99. The van der Waals surface area contributed by atoms with Crippen LogP contribution in [0.25, 0.3) is 16.5 Å². The van der Waals surface area contributed by atoms with Gasteiger partial charge in [-0.25, -0.2) is 0 Å². The van der Waals surface area contributed by atoms with Gasteiger partial charge in [-0.1, -0.05) is 44.2 Å². The van der Waals surface area contributed by atoms with Gasteiger partial charge in [0, 0.05) is 45.5 Å². The van der Waals surface area contributed by atoms with E-state index in [0.29, 0.717) is 0 Å². The van der Waals surface area contributed by atoms with Gasteiger partial charge in [0.15, 0.2) is 0 Å². The Bertz CT molecular complexity index is 1010. The minimum atomic E-state index is 0.762. The second kappa shape index (κ2) is 10.2. The van der Waals surface area contributed by atoms with E-state index in [-0.39, 0.29) is 0 Å². The van der Waals surface area contributed by atoms with Crippen LogP contribution in [0.2, 0.25) is 0 Å². The highest BCUT2D eigenvalue weighted by Gasteiger charge is 2.15. The van der Waals surface area contributed by atoms with Crippen molar-refractivity contribution < 1.29 is 4.74 Å². The van der Waals surface area contributed by atoms with E-state index in [4.69, 9.17) is 4.74 Å². The molecule has 1 aliphatic rings. The van der Waals surface area contributed by atoms with Crippen molar-refractivity contribution in [2.24, 2.45) is 0 Å². The summed E-state index contributed by atoms with van der Waals surface area (Å²) in [4.78, 5) is 8.51. The number of fused-ring (bicyclic) bond motifs is 1. The van der Waals surface area contributed by atoms with E-state index < -0.39 is 0 Å². The molecule has 0 saturated heterocycles. The standard InChI is InChI=1S/C26H32N2OS/c1-3-5-13-28-14-11-20(12-15-28)25-19-27-26-10-9-23(18-24(25)26)30-22-8-6-7-21(17-22)29-16-4-2/h6-11,17-19,27H,3-5,12-16H2,1-2H3. The van der Waals surface area contributed by atoms with Crippen molar-refractivity contribution in [2.75, 3.05) is 26.2 Å². The smallest absolute Gasteiger partial charge is 0.120 e. The van der Waals surface area contributed by atoms with Crippen LogP contribution in [0, 0.1) is 0 Å². The van der Waals surface area contributed by atoms with Gasteiger partial charge in [0.1, 0.15) is 5.75 Å². The second-order valence-electron chi connectivity index (χ2n) is 7.97. The number of hydrogen-bond acceptors (Lipinski definition) is 3. The van der Waals surface area contributed by atoms with E-state index in [1.54, 1.807) is 11.8 Å². The van der Waals surface area contributed by atoms with Gasteiger partial charge in [-0.05, 0) is 67.8 Å². The first-order valence-electron chi connectivity index (χ1n) is 11.2. The Morgan fingerprint density at radius 3 is 2.77 bits per heavy atom. The lowest BCUT2D eigenvalue weighted by molar-refractivity contribution is 0.297. The zero-order valence-corrected chi connectivity index (χ0v) is 18.9. The van der Waals surface area contributed by atoms with Gasteiger partial charge in [0.2, 0.25) is 0 Å². The molecule has 4 rings (SSSR count). The summed E-state index contributed by atoms with van der Waals surface area (Å²) in [6, 6.07) is 15.1. The van der Waals surface area contributed by atoms with Crippen LogP contribution in [0.4, 0.5) is 0 Å². The van der Waals surface area contributed by atoms with E-state index in [9.17, 15) is 0 Å². The van der Waals surface area contributed by atoms with Crippen LogP contribution in [0.3, 0.4) is 0 Å². The van der Waals surface area contributed by atoms with E-state index in [2.05, 4.69) is 72.4 Å². The van der Waals surface area contributed by atoms with Crippen LogP contribution in [0.15, 0.2) is 64.5 Å². The SMILES string of the molecule is CCCCN1CC=C(c2c[nH]c3ccc(Sc4cccc(OCCC)c4)cc23)CC1. The topological polar surface area (TPSA) is 28.3 Å². The molecule has 0 fully saturated rings. The third kappa shape index (κ3) is 5.11. The van der Waals surface area contributed by atoms with Gasteiger partial charge in [-0.15, -0.1) is 0 Å². The number of nitrogens with zero attached hydrogens (tertiary/aromatic N) is 1. The van der Waals surface area contributed by atoms with Crippen LogP contribution >= 0.6 is 11.8 Å². The predicted octanol–water partition coefficient (Wildman–Crippen LogP) is 7.00. The third-order valence-electron chi connectivity index (χ3n) is 5.63. The molecule has 0 bridgehead atoms. The first-order chi connectivity index (χ1) is 14.8. The predicted molar refractivity (Wildman–Crippen MR) is 129 cm³/mol. The molecule has 2 aromatic carbocycles. The van der Waals surface area contributed by atoms with Gasteiger partial charge in [-0.3, -0.25) is 4.90 Å². The van der Waals surface area contributed by atoms with Crippen molar-refractivity contribution in [3.05, 3.63) is 60.3 Å². The largest absolute Gasteiger partial charge is 0.494 e. The maximum atomic E-state index is 5.79. The van der Waals surface area contributed by atoms with Crippen LogP contribution < -0.4 is 4.74 Å². The summed E-state index contributed by atoms with van der Waals surface area (Å²) in [5.41, 5.74) is 4.05. The number of hydrogen-bond donors (Lipinski definition) is 1. The third-order valence-corrected chi connectivity index (χ3v) is 6.61. The van der Waals surface area contributed by atoms with Crippen LogP contribution in [0.5, 0.6) is 5.75 Å². The quantitative estimate of drug-likeness (QED) is 0.404. The molecule has 1 aliphatic heterocycles. The minimum absolute atomic E-state index is 0.762. The Balaban J connectivity index is 1.52. The molecule has 2 heterocycles. The van der Waals surface area contributed by atoms with Gasteiger partial charge in [-0.2, -0.15) is 0 Å². The highest BCUT2D eigenvalue weighted by Crippen LogP contribution is 2.35. The van der Waals surface area contributed by atoms with E-state index in [1.807, 2.05) is 6.07 Å². The number of unbranched alkanes of at least 4 members (excludes halogenated alkanes) is 1. The summed E-state index contributed by atoms with van der Waals surface area (Å²) in [5.74, 6) is 0.949. The fourth-order valence-electron chi connectivity index (χ4n) is 3.95. The lowest BCUT2D eigenvalue weighted by Gasteiger charge is -2.26. The number of nitrogens with one attached hydrogen (secondary N) is 1. The summed E-state index contributed by atoms with van der Waals surface area (Å²) in [7, 11) is 0. The Labute approximate surface area is 184 Å². The van der Waals surface area contributed by atoms with Crippen molar-refractivity contribution in [1.29, 1.82) is 0 Å². The number of aromatic nitrogens is 1. The fourth-order valence-corrected chi connectivity index (χ4v) is 4.86. The molecular formula is C26H32N2OS. The molecule has 0 aliphatic carbocycles. The molecule has 3 nitrogen and oxygen atoms in total. The minimum Gasteiger partial charge on any atom is -0.494 e. The summed E-state index contributed by atoms with van der Waals surface area (Å²) < 4.78 is 5.79. The van der Waals surface area contributed by atoms with Crippen LogP contribution in [0.1, 0.15) is 45.1 Å². The molecule has 0 radical (unpaired) electrons. The van der Waals surface area contributed by atoms with Crippen LogP contribution in [-0.2, 0) is 0 Å². The number of H-pyrrole nitrogens is 1. The molecular weight excluding hydrogens is 388 g/mol. The van der Waals surface area contributed by atoms with Gasteiger partial charge < -0.3 is 9.72 Å². The molecule has 4 heteroatoms. The van der Waals surface area contributed by atoms with Gasteiger partial charge in [0.25, 0.3) is 0 Å². The first kappa shape index (κ1) is 21.1. The molecule has 0 unspecified atom stereocenters. The highest BCUT2D eigenvalue weighted by atomic mass is 32.2. The van der Waals surface area contributed by atoms with E-state index >= 15 is 0 Å². The Morgan fingerprint density at radius 1 is 1.07 bits per heavy atom. The summed E-state index contributed by atoms with van der Waals surface area (Å²) in [6.45, 7) is 8.61. The molecule has 0 amide bonds. The molecule has 1 aromatic heterocycles. The van der Waals surface area contributed by atoms with Crippen molar-refractivity contribution in [1.82, 2.24) is 9.88 Å². The van der Waals surface area contributed by atoms with E-state index in [0.717, 1.165) is 38.3 Å². The van der Waals surface area contributed by atoms with E-state index in [1.165, 1.54) is 51.2 Å². The van der Waals surface area contributed by atoms with Gasteiger partial charge in [0.05, 0.1) is 6.61 Å². The van der Waals surface area contributed by atoms with Gasteiger partial charge >= 0.3 is 0 Å². The molecule has 30 heavy (non-hydrogen) atoms. The van der Waals surface area contributed by atoms with Crippen molar-refractivity contribution in [3.8, 4) is 5.75 Å². The van der Waals surface area contributed by atoms with Crippen molar-refractivity contribution >= 4 is 28.2 Å². The van der Waals surface area contributed by atoms with Crippen molar-refractivity contribution in [2.45, 2.75) is 49.3 Å². The average Bonchev–Trinajstić information content (AvgIpc) is 3.20. The molecule has 0 atom stereocenters. The maximum Gasteiger partial charge on any atom is 0.120 e. The number of aromatic amines is 1. The number of benzene rings is 2. The monoisotopic (exact) mass is 420 g/mol. The molecule has 158 valence electrons. The summed E-state index contributed by atoms with van der Waals surface area (Å²) >= 11 is 1.80. The lowest BCUT2D eigenvalue weighted by atomic mass is 9.99. The molecule has 3 aromatic rings. The summed E-state index contributed by atoms with van der Waals surface area (Å²) in [6.07, 6.45) is 9.33. The molecule has 1 N–H and O–H groups in total. The Hall–Kier alpha value is -2.17. The number of ether oxygens (including phenoxy) is 1. The normalized spacial score (nSPS) is 14.8. The first-order valence-corrected chi connectivity index (χ1v) is 12.0. The fraction of sp³-hybridized carbons (Fsp3) is 0.385. The molecule has 0 spiro atoms.